The predicted molar refractivity (Wildman–Crippen MR) is 60.9 cm³/mol. The first kappa shape index (κ1) is 15.1. The van der Waals surface area contributed by atoms with E-state index in [1.165, 1.54) is 7.11 Å². The van der Waals surface area contributed by atoms with Crippen molar-refractivity contribution in [3.8, 4) is 0 Å². The molecule has 0 radical (unpaired) electrons. The zero-order valence-electron chi connectivity index (χ0n) is 9.51. The number of amidine groups is 1. The molecule has 0 aromatic heterocycles. The van der Waals surface area contributed by atoms with E-state index in [-0.39, 0.29) is 18.0 Å². The Labute approximate surface area is 95.7 Å². The van der Waals surface area contributed by atoms with Crippen LogP contribution in [0.2, 0.25) is 0 Å². The lowest BCUT2D eigenvalue weighted by Gasteiger charge is -2.13. The van der Waals surface area contributed by atoms with Gasteiger partial charge in [0, 0.05) is 26.2 Å². The fraction of sp³-hybridized carbons (Fsp3) is 0.875. The summed E-state index contributed by atoms with van der Waals surface area (Å²) in [5.41, 5.74) is 5.26. The molecule has 0 saturated carbocycles. The highest BCUT2D eigenvalue weighted by Gasteiger charge is 2.15. The highest BCUT2D eigenvalue weighted by atomic mass is 32.2. The van der Waals surface area contributed by atoms with Crippen molar-refractivity contribution in [2.45, 2.75) is 25.8 Å². The molecule has 0 heterocycles. The monoisotopic (exact) mass is 253 g/mol. The number of nitrogens with two attached hydrogens (primary N) is 1. The van der Waals surface area contributed by atoms with E-state index in [2.05, 4.69) is 9.88 Å². The zero-order chi connectivity index (χ0) is 12.6. The van der Waals surface area contributed by atoms with Crippen molar-refractivity contribution in [3.05, 3.63) is 0 Å². The van der Waals surface area contributed by atoms with Crippen molar-refractivity contribution in [2.24, 2.45) is 10.9 Å². The smallest absolute Gasteiger partial charge is 0.211 e. The molecule has 1 unspecified atom stereocenters. The van der Waals surface area contributed by atoms with Crippen molar-refractivity contribution in [1.82, 2.24) is 4.72 Å². The molecule has 4 N–H and O–H groups in total. The number of nitrogens with zero attached hydrogens (tertiary/aromatic N) is 1. The molecule has 8 heteroatoms. The second-order valence-electron chi connectivity index (χ2n) is 3.48. The number of nitrogens with one attached hydrogen (secondary N) is 1. The first-order chi connectivity index (χ1) is 7.41. The van der Waals surface area contributed by atoms with E-state index < -0.39 is 16.1 Å². The first-order valence-electron chi connectivity index (χ1n) is 4.86. The molecule has 0 amide bonds. The maximum Gasteiger partial charge on any atom is 0.211 e. The van der Waals surface area contributed by atoms with Crippen LogP contribution in [0.15, 0.2) is 5.16 Å². The van der Waals surface area contributed by atoms with E-state index in [1.54, 1.807) is 6.92 Å². The molecule has 0 aromatic rings. The molecular formula is C8H19N3O4S. The third-order valence-corrected chi connectivity index (χ3v) is 3.37. The van der Waals surface area contributed by atoms with Gasteiger partial charge in [-0.2, -0.15) is 0 Å². The van der Waals surface area contributed by atoms with Crippen molar-refractivity contribution < 1.29 is 18.4 Å². The Morgan fingerprint density at radius 3 is 2.75 bits per heavy atom. The number of rotatable bonds is 8. The minimum absolute atomic E-state index is 0.00134. The second kappa shape index (κ2) is 7.42. The number of methoxy groups -OCH3 is 1. The maximum absolute atomic E-state index is 11.5. The molecule has 0 aliphatic carbocycles. The van der Waals surface area contributed by atoms with Crippen LogP contribution >= 0.6 is 0 Å². The Kier molecular flexibility index (Phi) is 7.02. The SMILES string of the molecule is COCCCS(=O)(=O)NC(C)CC(N)=NO. The van der Waals surface area contributed by atoms with Crippen LogP contribution < -0.4 is 10.5 Å². The molecule has 0 aliphatic rings. The topological polar surface area (TPSA) is 114 Å². The summed E-state index contributed by atoms with van der Waals surface area (Å²) in [7, 11) is -1.81. The van der Waals surface area contributed by atoms with Gasteiger partial charge in [0.1, 0.15) is 5.84 Å². The Morgan fingerprint density at radius 1 is 1.62 bits per heavy atom. The van der Waals surface area contributed by atoms with Gasteiger partial charge in [-0.15, -0.1) is 0 Å². The Hall–Kier alpha value is -0.860. The highest BCUT2D eigenvalue weighted by molar-refractivity contribution is 7.89. The average Bonchev–Trinajstić information content (AvgIpc) is 2.16. The largest absolute Gasteiger partial charge is 0.409 e. The standard InChI is InChI=1S/C8H19N3O4S/c1-7(6-8(9)10-12)11-16(13,14)5-3-4-15-2/h7,11-12H,3-6H2,1-2H3,(H2,9,10). The molecule has 0 saturated heterocycles. The van der Waals surface area contributed by atoms with Gasteiger partial charge in [-0.1, -0.05) is 5.16 Å². The van der Waals surface area contributed by atoms with E-state index in [9.17, 15) is 8.42 Å². The summed E-state index contributed by atoms with van der Waals surface area (Å²) in [6.45, 7) is 2.04. The summed E-state index contributed by atoms with van der Waals surface area (Å²) >= 11 is 0. The van der Waals surface area contributed by atoms with Crippen LogP contribution in [0.3, 0.4) is 0 Å². The Balaban J connectivity index is 4.05. The summed E-state index contributed by atoms with van der Waals surface area (Å²) in [5, 5.41) is 11.1. The second-order valence-corrected chi connectivity index (χ2v) is 5.35. The van der Waals surface area contributed by atoms with Crippen LogP contribution in [0.5, 0.6) is 0 Å². The molecule has 7 nitrogen and oxygen atoms in total. The van der Waals surface area contributed by atoms with Gasteiger partial charge >= 0.3 is 0 Å². The van der Waals surface area contributed by atoms with Crippen LogP contribution in [0.4, 0.5) is 0 Å². The molecule has 0 aromatic carbocycles. The van der Waals surface area contributed by atoms with Gasteiger partial charge < -0.3 is 15.7 Å². The number of hydrogen-bond donors (Lipinski definition) is 3. The summed E-state index contributed by atoms with van der Waals surface area (Å²) in [4.78, 5) is 0. The van der Waals surface area contributed by atoms with Gasteiger partial charge in [0.25, 0.3) is 0 Å². The minimum atomic E-state index is -3.33. The number of ether oxygens (including phenoxy) is 1. The molecule has 0 aliphatic heterocycles. The van der Waals surface area contributed by atoms with Crippen molar-refractivity contribution >= 4 is 15.9 Å². The quantitative estimate of drug-likeness (QED) is 0.177. The van der Waals surface area contributed by atoms with Crippen LogP contribution in [0.1, 0.15) is 19.8 Å². The first-order valence-corrected chi connectivity index (χ1v) is 6.52. The summed E-state index contributed by atoms with van der Waals surface area (Å²) in [6.07, 6.45) is 0.599. The Morgan fingerprint density at radius 2 is 2.25 bits per heavy atom. The summed E-state index contributed by atoms with van der Waals surface area (Å²) < 4.78 is 30.1. The van der Waals surface area contributed by atoms with Crippen LogP contribution in [0.25, 0.3) is 0 Å². The molecule has 16 heavy (non-hydrogen) atoms. The lowest BCUT2D eigenvalue weighted by atomic mass is 10.2. The van der Waals surface area contributed by atoms with Gasteiger partial charge in [-0.25, -0.2) is 13.1 Å². The average molecular weight is 253 g/mol. The van der Waals surface area contributed by atoms with Crippen LogP contribution in [0, 0.1) is 0 Å². The third kappa shape index (κ3) is 7.43. The molecule has 1 atom stereocenters. The van der Waals surface area contributed by atoms with Gasteiger partial charge in [0.2, 0.25) is 10.0 Å². The van der Waals surface area contributed by atoms with Gasteiger partial charge in [-0.3, -0.25) is 0 Å². The lowest BCUT2D eigenvalue weighted by Crippen LogP contribution is -2.37. The molecule has 96 valence electrons. The predicted octanol–water partition coefficient (Wildman–Crippen LogP) is -0.533. The summed E-state index contributed by atoms with van der Waals surface area (Å²) in [5.74, 6) is -0.00598. The Bertz CT molecular complexity index is 315. The van der Waals surface area contributed by atoms with Crippen molar-refractivity contribution in [3.63, 3.8) is 0 Å². The fourth-order valence-electron chi connectivity index (χ4n) is 1.15. The van der Waals surface area contributed by atoms with E-state index in [1.807, 2.05) is 0 Å². The number of oxime groups is 1. The number of sulfonamides is 1. The zero-order valence-corrected chi connectivity index (χ0v) is 10.3. The number of hydrogen-bond acceptors (Lipinski definition) is 5. The molecule has 0 spiro atoms. The van der Waals surface area contributed by atoms with E-state index in [4.69, 9.17) is 15.7 Å². The van der Waals surface area contributed by atoms with E-state index in [0.717, 1.165) is 0 Å². The van der Waals surface area contributed by atoms with E-state index in [0.29, 0.717) is 13.0 Å². The van der Waals surface area contributed by atoms with Crippen LogP contribution in [-0.4, -0.2) is 45.0 Å². The molecule has 0 fully saturated rings. The van der Waals surface area contributed by atoms with Crippen molar-refractivity contribution in [2.75, 3.05) is 19.5 Å². The van der Waals surface area contributed by atoms with E-state index >= 15 is 0 Å². The normalized spacial score (nSPS) is 15.0. The van der Waals surface area contributed by atoms with Gasteiger partial charge in [0.15, 0.2) is 0 Å². The molecule has 0 bridgehead atoms. The third-order valence-electron chi connectivity index (χ3n) is 1.79. The molecule has 0 rings (SSSR count). The van der Waals surface area contributed by atoms with Crippen molar-refractivity contribution in [1.29, 1.82) is 0 Å². The van der Waals surface area contributed by atoms with Gasteiger partial charge in [-0.05, 0) is 13.3 Å². The fourth-order valence-corrected chi connectivity index (χ4v) is 2.47. The van der Waals surface area contributed by atoms with Crippen LogP contribution in [-0.2, 0) is 14.8 Å². The minimum Gasteiger partial charge on any atom is -0.409 e. The summed E-state index contributed by atoms with van der Waals surface area (Å²) in [6, 6.07) is -0.400. The molecular weight excluding hydrogens is 234 g/mol. The van der Waals surface area contributed by atoms with Gasteiger partial charge in [0.05, 0.1) is 5.75 Å². The lowest BCUT2D eigenvalue weighted by molar-refractivity contribution is 0.199. The highest BCUT2D eigenvalue weighted by Crippen LogP contribution is 1.97. The maximum atomic E-state index is 11.5.